The molecule has 35 heavy (non-hydrogen) atoms. The van der Waals surface area contributed by atoms with Crippen LogP contribution in [-0.4, -0.2) is 80.6 Å². The molecule has 6 rings (SSSR count). The van der Waals surface area contributed by atoms with E-state index in [9.17, 15) is 0 Å². The van der Waals surface area contributed by atoms with Crippen LogP contribution < -0.4 is 4.90 Å². The molecule has 4 aromatic rings. The van der Waals surface area contributed by atoms with Crippen LogP contribution in [0.15, 0.2) is 37.1 Å². The zero-order valence-corrected chi connectivity index (χ0v) is 20.4. The van der Waals surface area contributed by atoms with E-state index in [4.69, 9.17) is 19.8 Å². The van der Waals surface area contributed by atoms with Gasteiger partial charge in [-0.2, -0.15) is 5.10 Å². The van der Waals surface area contributed by atoms with E-state index < -0.39 is 0 Å². The Morgan fingerprint density at radius 2 is 1.86 bits per heavy atom. The van der Waals surface area contributed by atoms with Crippen molar-refractivity contribution in [3.63, 3.8) is 0 Å². The van der Waals surface area contributed by atoms with E-state index in [2.05, 4.69) is 50.6 Å². The van der Waals surface area contributed by atoms with Crippen molar-refractivity contribution in [2.24, 2.45) is 0 Å². The molecular formula is C26H32N8O. The highest BCUT2D eigenvalue weighted by atomic mass is 16.5. The molecule has 1 N–H and O–H groups in total. The summed E-state index contributed by atoms with van der Waals surface area (Å²) in [4.78, 5) is 22.5. The highest BCUT2D eigenvalue weighted by Gasteiger charge is 2.21. The first-order valence-electron chi connectivity index (χ1n) is 12.6. The molecule has 182 valence electrons. The lowest BCUT2D eigenvalue weighted by atomic mass is 10.1. The number of ether oxygens (including phenoxy) is 1. The summed E-state index contributed by atoms with van der Waals surface area (Å²) >= 11 is 0. The number of hydrogen-bond donors (Lipinski definition) is 1. The minimum atomic E-state index is 0.456. The number of fused-ring (bicyclic) bond motifs is 1. The largest absolute Gasteiger partial charge is 0.378 e. The number of anilines is 1. The zero-order valence-electron chi connectivity index (χ0n) is 20.4. The molecule has 4 aromatic heterocycles. The summed E-state index contributed by atoms with van der Waals surface area (Å²) in [7, 11) is 0. The van der Waals surface area contributed by atoms with Gasteiger partial charge in [-0.15, -0.1) is 0 Å². The van der Waals surface area contributed by atoms with Crippen molar-refractivity contribution < 1.29 is 4.74 Å². The van der Waals surface area contributed by atoms with Gasteiger partial charge in [-0.25, -0.2) is 15.0 Å². The molecule has 9 heteroatoms. The van der Waals surface area contributed by atoms with Gasteiger partial charge in [0.2, 0.25) is 0 Å². The third-order valence-corrected chi connectivity index (χ3v) is 7.33. The van der Waals surface area contributed by atoms with E-state index >= 15 is 0 Å². The summed E-state index contributed by atoms with van der Waals surface area (Å²) in [6, 6.07) is 2.61. The Kier molecular flexibility index (Phi) is 5.95. The monoisotopic (exact) mass is 472 g/mol. The van der Waals surface area contributed by atoms with Gasteiger partial charge in [0.05, 0.1) is 37.3 Å². The molecule has 0 bridgehead atoms. The summed E-state index contributed by atoms with van der Waals surface area (Å²) in [5, 5.41) is 4.71. The summed E-state index contributed by atoms with van der Waals surface area (Å²) in [5.74, 6) is 1.02. The first-order chi connectivity index (χ1) is 17.2. The number of nitrogens with zero attached hydrogens (tertiary/aromatic N) is 7. The summed E-state index contributed by atoms with van der Waals surface area (Å²) in [5.41, 5.74) is 6.66. The number of aryl methyl sites for hydroxylation is 1. The van der Waals surface area contributed by atoms with Gasteiger partial charge in [0.25, 0.3) is 0 Å². The molecule has 9 nitrogen and oxygen atoms in total. The van der Waals surface area contributed by atoms with Crippen LogP contribution in [0.5, 0.6) is 0 Å². The quantitative estimate of drug-likeness (QED) is 0.474. The number of nitrogens with one attached hydrogen (secondary N) is 1. The fourth-order valence-electron chi connectivity index (χ4n) is 5.24. The highest BCUT2D eigenvalue weighted by Crippen LogP contribution is 2.31. The SMILES string of the molecule is CCN1CCC(n2cc(-c3c[nH]c4ncc(-c5cnc(N6CCOCC6)c(C)c5)nc34)cn2)CC1. The van der Waals surface area contributed by atoms with E-state index in [-0.39, 0.29) is 0 Å². The number of aromatic nitrogens is 6. The Labute approximate surface area is 205 Å². The van der Waals surface area contributed by atoms with E-state index in [1.165, 1.54) is 0 Å². The smallest absolute Gasteiger partial charge is 0.156 e. The van der Waals surface area contributed by atoms with Crippen molar-refractivity contribution in [2.75, 3.05) is 50.8 Å². The van der Waals surface area contributed by atoms with Crippen molar-refractivity contribution in [3.05, 3.63) is 42.6 Å². The molecule has 0 radical (unpaired) electrons. The third-order valence-electron chi connectivity index (χ3n) is 7.33. The molecule has 0 atom stereocenters. The Bertz CT molecular complexity index is 1310. The average molecular weight is 473 g/mol. The number of piperidine rings is 1. The average Bonchev–Trinajstić information content (AvgIpc) is 3.56. The van der Waals surface area contributed by atoms with Gasteiger partial charge < -0.3 is 19.5 Å². The van der Waals surface area contributed by atoms with Crippen LogP contribution in [0.2, 0.25) is 0 Å². The second kappa shape index (κ2) is 9.39. The van der Waals surface area contributed by atoms with Gasteiger partial charge in [-0.05, 0) is 37.9 Å². The van der Waals surface area contributed by atoms with Crippen molar-refractivity contribution in [1.82, 2.24) is 34.6 Å². The number of pyridine rings is 1. The molecular weight excluding hydrogens is 440 g/mol. The van der Waals surface area contributed by atoms with Crippen LogP contribution in [-0.2, 0) is 4.74 Å². The summed E-state index contributed by atoms with van der Waals surface area (Å²) in [6.45, 7) is 11.0. The number of aromatic amines is 1. The predicted molar refractivity (Wildman–Crippen MR) is 136 cm³/mol. The number of H-pyrrole nitrogens is 1. The Balaban J connectivity index is 1.27. The van der Waals surface area contributed by atoms with Crippen molar-refractivity contribution in [1.29, 1.82) is 0 Å². The topological polar surface area (TPSA) is 88.0 Å². The van der Waals surface area contributed by atoms with Crippen LogP contribution in [0.3, 0.4) is 0 Å². The first-order valence-corrected chi connectivity index (χ1v) is 12.6. The van der Waals surface area contributed by atoms with E-state index in [1.807, 2.05) is 24.8 Å². The molecule has 2 fully saturated rings. The van der Waals surface area contributed by atoms with Gasteiger partial charge in [-0.1, -0.05) is 6.92 Å². The highest BCUT2D eigenvalue weighted by molar-refractivity contribution is 5.91. The summed E-state index contributed by atoms with van der Waals surface area (Å²) in [6.07, 6.45) is 12.1. The van der Waals surface area contributed by atoms with Gasteiger partial charge in [-0.3, -0.25) is 4.68 Å². The Morgan fingerprint density at radius 3 is 2.63 bits per heavy atom. The number of rotatable bonds is 5. The van der Waals surface area contributed by atoms with Crippen molar-refractivity contribution >= 4 is 17.0 Å². The van der Waals surface area contributed by atoms with Gasteiger partial charge >= 0.3 is 0 Å². The Morgan fingerprint density at radius 1 is 1.03 bits per heavy atom. The molecule has 0 unspecified atom stereocenters. The fourth-order valence-corrected chi connectivity index (χ4v) is 5.24. The molecule has 0 amide bonds. The van der Waals surface area contributed by atoms with Crippen LogP contribution >= 0.6 is 0 Å². The lowest BCUT2D eigenvalue weighted by Gasteiger charge is -2.31. The molecule has 0 aliphatic carbocycles. The first kappa shape index (κ1) is 22.2. The van der Waals surface area contributed by atoms with Crippen molar-refractivity contribution in [2.45, 2.75) is 32.7 Å². The normalized spacial score (nSPS) is 17.9. The molecule has 0 spiro atoms. The molecule has 0 saturated carbocycles. The van der Waals surface area contributed by atoms with E-state index in [1.54, 1.807) is 0 Å². The predicted octanol–water partition coefficient (Wildman–Crippen LogP) is 3.69. The van der Waals surface area contributed by atoms with Gasteiger partial charge in [0, 0.05) is 61.5 Å². The standard InChI is InChI=1S/C26H32N8O/c1-3-32-6-4-21(5-7-32)34-17-20(14-30-34)22-15-27-25-24(22)31-23(16-28-25)19-12-18(2)26(29-13-19)33-8-10-35-11-9-33/h12-17,21H,3-11H2,1-2H3,(H,27,28). The molecule has 2 saturated heterocycles. The van der Waals surface area contributed by atoms with Crippen LogP contribution in [0.4, 0.5) is 5.82 Å². The maximum absolute atomic E-state index is 5.48. The maximum atomic E-state index is 5.48. The van der Waals surface area contributed by atoms with E-state index in [0.717, 1.165) is 104 Å². The maximum Gasteiger partial charge on any atom is 0.156 e. The van der Waals surface area contributed by atoms with Crippen molar-refractivity contribution in [3.8, 4) is 22.4 Å². The van der Waals surface area contributed by atoms with Gasteiger partial charge in [0.15, 0.2) is 5.65 Å². The lowest BCUT2D eigenvalue weighted by molar-refractivity contribution is 0.122. The van der Waals surface area contributed by atoms with Crippen LogP contribution in [0.25, 0.3) is 33.5 Å². The minimum absolute atomic E-state index is 0.456. The number of hydrogen-bond acceptors (Lipinski definition) is 7. The second-order valence-electron chi connectivity index (χ2n) is 9.49. The number of morpholine rings is 1. The van der Waals surface area contributed by atoms with E-state index in [0.29, 0.717) is 6.04 Å². The van der Waals surface area contributed by atoms with Crippen LogP contribution in [0, 0.1) is 6.92 Å². The fraction of sp³-hybridized carbons (Fsp3) is 0.462. The molecule has 0 aromatic carbocycles. The molecule has 2 aliphatic rings. The van der Waals surface area contributed by atoms with Gasteiger partial charge in [0.1, 0.15) is 11.3 Å². The zero-order chi connectivity index (χ0) is 23.8. The van der Waals surface area contributed by atoms with Crippen LogP contribution in [0.1, 0.15) is 31.4 Å². The second-order valence-corrected chi connectivity index (χ2v) is 9.49. The molecule has 2 aliphatic heterocycles. The lowest BCUT2D eigenvalue weighted by Crippen LogP contribution is -2.37. The Hall–Kier alpha value is -3.30. The minimum Gasteiger partial charge on any atom is -0.378 e. The molecule has 6 heterocycles. The number of likely N-dealkylation sites (tertiary alicyclic amines) is 1. The third kappa shape index (κ3) is 4.30. The summed E-state index contributed by atoms with van der Waals surface area (Å²) < 4.78 is 7.62.